The molecule has 0 unspecified atom stereocenters. The fourth-order valence-electron chi connectivity index (χ4n) is 5.84. The molecule has 2 aliphatic rings. The molecular weight excluding hydrogens is 352 g/mol. The van der Waals surface area contributed by atoms with Gasteiger partial charge in [0.1, 0.15) is 0 Å². The monoisotopic (exact) mass is 378 g/mol. The predicted octanol–water partition coefficient (Wildman–Crippen LogP) is 7.14. The lowest BCUT2D eigenvalue weighted by atomic mass is 9.67. The molecule has 6 rings (SSSR count). The van der Waals surface area contributed by atoms with Crippen LogP contribution in [0.2, 0.25) is 0 Å². The maximum absolute atomic E-state index is 4.85. The van der Waals surface area contributed by atoms with Crippen LogP contribution in [0.1, 0.15) is 68.6 Å². The summed E-state index contributed by atoms with van der Waals surface area (Å²) in [6, 6.07) is 15.7. The van der Waals surface area contributed by atoms with Crippen molar-refractivity contribution in [2.24, 2.45) is 0 Å². The Labute approximate surface area is 172 Å². The van der Waals surface area contributed by atoms with Crippen LogP contribution in [0.5, 0.6) is 0 Å². The van der Waals surface area contributed by atoms with Gasteiger partial charge in [-0.15, -0.1) is 0 Å². The lowest BCUT2D eigenvalue weighted by Crippen LogP contribution is -2.25. The molecule has 1 saturated carbocycles. The van der Waals surface area contributed by atoms with E-state index in [0.717, 1.165) is 11.2 Å². The number of hydrogen-bond donors (Lipinski definition) is 0. The zero-order valence-electron chi connectivity index (χ0n) is 17.2. The summed E-state index contributed by atoms with van der Waals surface area (Å²) in [7, 11) is 0. The molecule has 0 N–H and O–H groups in total. The minimum atomic E-state index is -0.0865. The van der Waals surface area contributed by atoms with Gasteiger partial charge in [-0.25, -0.2) is 0 Å². The molecule has 0 atom stereocenters. The third kappa shape index (κ3) is 2.41. The minimum absolute atomic E-state index is 0.0865. The van der Waals surface area contributed by atoms with Gasteiger partial charge >= 0.3 is 0 Å². The lowest BCUT2D eigenvalue weighted by molar-refractivity contribution is 0.443. The quantitative estimate of drug-likeness (QED) is 0.352. The van der Waals surface area contributed by atoms with Crippen LogP contribution < -0.4 is 0 Å². The molecule has 2 aromatic carbocycles. The van der Waals surface area contributed by atoms with Crippen LogP contribution in [0.15, 0.2) is 54.9 Å². The Kier molecular flexibility index (Phi) is 3.62. The molecule has 2 aromatic heterocycles. The Balaban J connectivity index is 1.70. The SMILES string of the molecule is CC1(C)c2c(cnc3ccccc23)-c2nccc3cc(C4CCCCC4)cc1c23. The summed E-state index contributed by atoms with van der Waals surface area (Å²) in [6.45, 7) is 4.77. The number of aromatic nitrogens is 2. The van der Waals surface area contributed by atoms with Crippen LogP contribution in [0.3, 0.4) is 0 Å². The van der Waals surface area contributed by atoms with Crippen molar-refractivity contribution in [1.82, 2.24) is 9.97 Å². The average Bonchev–Trinajstić information content (AvgIpc) is 2.77. The summed E-state index contributed by atoms with van der Waals surface area (Å²) in [4.78, 5) is 9.62. The second kappa shape index (κ2) is 6.13. The van der Waals surface area contributed by atoms with Crippen LogP contribution in [0.4, 0.5) is 0 Å². The molecule has 2 aliphatic carbocycles. The van der Waals surface area contributed by atoms with Gasteiger partial charge in [0, 0.05) is 34.1 Å². The van der Waals surface area contributed by atoms with Gasteiger partial charge < -0.3 is 0 Å². The molecule has 0 aliphatic heterocycles. The average molecular weight is 379 g/mol. The highest BCUT2D eigenvalue weighted by Crippen LogP contribution is 2.50. The number of nitrogens with zero attached hydrogens (tertiary/aromatic N) is 2. The van der Waals surface area contributed by atoms with Crippen LogP contribution >= 0.6 is 0 Å². The largest absolute Gasteiger partial charge is 0.256 e. The predicted molar refractivity (Wildman–Crippen MR) is 120 cm³/mol. The Bertz CT molecular complexity index is 1260. The number of pyridine rings is 2. The number of benzene rings is 2. The first-order chi connectivity index (χ1) is 14.1. The molecule has 0 radical (unpaired) electrons. The summed E-state index contributed by atoms with van der Waals surface area (Å²) in [5, 5.41) is 3.91. The van der Waals surface area contributed by atoms with Crippen LogP contribution in [-0.4, -0.2) is 9.97 Å². The van der Waals surface area contributed by atoms with E-state index < -0.39 is 0 Å². The number of rotatable bonds is 1. The van der Waals surface area contributed by atoms with E-state index in [0.29, 0.717) is 5.92 Å². The normalized spacial score (nSPS) is 18.1. The first kappa shape index (κ1) is 17.1. The maximum atomic E-state index is 4.85. The number of fused-ring (bicyclic) bond motifs is 4. The second-order valence-electron chi connectivity index (χ2n) is 9.35. The highest BCUT2D eigenvalue weighted by molar-refractivity contribution is 6.05. The third-order valence-electron chi connectivity index (χ3n) is 7.29. The van der Waals surface area contributed by atoms with Gasteiger partial charge in [-0.2, -0.15) is 0 Å². The summed E-state index contributed by atoms with van der Waals surface area (Å²) < 4.78 is 0. The molecule has 1 fully saturated rings. The van der Waals surface area contributed by atoms with Crippen molar-refractivity contribution in [2.75, 3.05) is 0 Å². The Morgan fingerprint density at radius 1 is 0.931 bits per heavy atom. The summed E-state index contributed by atoms with van der Waals surface area (Å²) in [5.74, 6) is 0.701. The van der Waals surface area contributed by atoms with E-state index in [1.54, 1.807) is 0 Å². The molecule has 0 spiro atoms. The highest BCUT2D eigenvalue weighted by Gasteiger charge is 2.36. The molecule has 29 heavy (non-hydrogen) atoms. The Morgan fingerprint density at radius 2 is 1.76 bits per heavy atom. The van der Waals surface area contributed by atoms with Gasteiger partial charge in [0.15, 0.2) is 0 Å². The smallest absolute Gasteiger partial charge is 0.0802 e. The third-order valence-corrected chi connectivity index (χ3v) is 7.29. The molecule has 4 aromatic rings. The van der Waals surface area contributed by atoms with Crippen molar-refractivity contribution in [3.63, 3.8) is 0 Å². The summed E-state index contributed by atoms with van der Waals surface area (Å²) in [5.41, 5.74) is 7.60. The van der Waals surface area contributed by atoms with E-state index in [2.05, 4.69) is 56.3 Å². The van der Waals surface area contributed by atoms with Crippen molar-refractivity contribution in [2.45, 2.75) is 57.3 Å². The molecule has 144 valence electrons. The first-order valence-electron chi connectivity index (χ1n) is 11.0. The van der Waals surface area contributed by atoms with E-state index in [1.165, 1.54) is 70.5 Å². The van der Waals surface area contributed by atoms with Gasteiger partial charge in [0.25, 0.3) is 0 Å². The maximum Gasteiger partial charge on any atom is 0.0802 e. The van der Waals surface area contributed by atoms with E-state index in [4.69, 9.17) is 9.97 Å². The van der Waals surface area contributed by atoms with Crippen LogP contribution in [-0.2, 0) is 5.41 Å². The zero-order chi connectivity index (χ0) is 19.6. The van der Waals surface area contributed by atoms with Crippen LogP contribution in [0, 0.1) is 0 Å². The van der Waals surface area contributed by atoms with Crippen molar-refractivity contribution in [1.29, 1.82) is 0 Å². The number of hydrogen-bond acceptors (Lipinski definition) is 2. The second-order valence-corrected chi connectivity index (χ2v) is 9.35. The van der Waals surface area contributed by atoms with Crippen LogP contribution in [0.25, 0.3) is 32.9 Å². The molecular formula is C27H26N2. The Morgan fingerprint density at radius 3 is 2.62 bits per heavy atom. The highest BCUT2D eigenvalue weighted by atomic mass is 14.7. The lowest BCUT2D eigenvalue weighted by Gasteiger charge is -2.36. The molecule has 2 heterocycles. The Hall–Kier alpha value is -2.74. The zero-order valence-corrected chi connectivity index (χ0v) is 17.2. The molecule has 2 nitrogen and oxygen atoms in total. The summed E-state index contributed by atoms with van der Waals surface area (Å²) >= 11 is 0. The van der Waals surface area contributed by atoms with Crippen molar-refractivity contribution in [3.05, 3.63) is 71.5 Å². The standard InChI is InChI=1S/C27H26N2/c1-27(2)22-15-19(17-8-4-3-5-9-17)14-18-12-13-28-26(24(18)22)21-16-29-23-11-7-6-10-20(23)25(21)27/h6-7,10-17H,3-5,8-9H2,1-2H3. The van der Waals surface area contributed by atoms with E-state index in [-0.39, 0.29) is 5.41 Å². The van der Waals surface area contributed by atoms with Gasteiger partial charge in [-0.3, -0.25) is 9.97 Å². The topological polar surface area (TPSA) is 25.8 Å². The van der Waals surface area contributed by atoms with E-state index in [9.17, 15) is 0 Å². The van der Waals surface area contributed by atoms with E-state index >= 15 is 0 Å². The van der Waals surface area contributed by atoms with Crippen molar-refractivity contribution >= 4 is 21.7 Å². The van der Waals surface area contributed by atoms with Gasteiger partial charge in [-0.05, 0) is 53.0 Å². The molecule has 0 amide bonds. The minimum Gasteiger partial charge on any atom is -0.256 e. The first-order valence-corrected chi connectivity index (χ1v) is 11.0. The van der Waals surface area contributed by atoms with Gasteiger partial charge in [0.05, 0.1) is 11.2 Å². The fraction of sp³-hybridized carbons (Fsp3) is 0.333. The molecule has 0 bridgehead atoms. The number of para-hydroxylation sites is 1. The summed E-state index contributed by atoms with van der Waals surface area (Å²) in [6.07, 6.45) is 10.8. The molecule has 0 saturated heterocycles. The van der Waals surface area contributed by atoms with Gasteiger partial charge in [-0.1, -0.05) is 63.4 Å². The van der Waals surface area contributed by atoms with Crippen molar-refractivity contribution in [3.8, 4) is 11.3 Å². The van der Waals surface area contributed by atoms with Gasteiger partial charge in [0.2, 0.25) is 0 Å². The molecule has 2 heteroatoms. The van der Waals surface area contributed by atoms with E-state index in [1.807, 2.05) is 12.4 Å². The fourth-order valence-corrected chi connectivity index (χ4v) is 5.84. The van der Waals surface area contributed by atoms with Crippen molar-refractivity contribution < 1.29 is 0 Å².